The number of ether oxygens (including phenoxy) is 1. The SMILES string of the molecule is CCC(NCC(CC)(CC)NC(=O)OC(C)(C)C)c1cccs1. The quantitative estimate of drug-likeness (QED) is 0.709. The molecule has 4 nitrogen and oxygen atoms in total. The van der Waals surface area contributed by atoms with Crippen LogP contribution in [-0.4, -0.2) is 23.8 Å². The fourth-order valence-corrected chi connectivity index (χ4v) is 3.38. The molecule has 0 bridgehead atoms. The summed E-state index contributed by atoms with van der Waals surface area (Å²) in [5, 5.41) is 8.82. The van der Waals surface area contributed by atoms with Crippen molar-refractivity contribution in [2.75, 3.05) is 6.54 Å². The van der Waals surface area contributed by atoms with E-state index in [0.717, 1.165) is 25.8 Å². The van der Waals surface area contributed by atoms with Crippen molar-refractivity contribution >= 4 is 17.4 Å². The van der Waals surface area contributed by atoms with E-state index in [2.05, 4.69) is 48.9 Å². The Balaban J connectivity index is 2.70. The molecular weight excluding hydrogens is 308 g/mol. The molecule has 0 spiro atoms. The van der Waals surface area contributed by atoms with Crippen molar-refractivity contribution in [3.63, 3.8) is 0 Å². The molecular formula is C18H32N2O2S. The lowest BCUT2D eigenvalue weighted by Crippen LogP contribution is -2.55. The van der Waals surface area contributed by atoms with Gasteiger partial charge in [-0.05, 0) is 51.5 Å². The third-order valence-electron chi connectivity index (χ3n) is 4.10. The van der Waals surface area contributed by atoms with Gasteiger partial charge in [0.1, 0.15) is 5.60 Å². The zero-order valence-electron chi connectivity index (χ0n) is 15.4. The summed E-state index contributed by atoms with van der Waals surface area (Å²) in [6, 6.07) is 4.57. The number of alkyl carbamates (subject to hydrolysis) is 1. The third kappa shape index (κ3) is 6.51. The first kappa shape index (κ1) is 20.0. The summed E-state index contributed by atoms with van der Waals surface area (Å²) >= 11 is 1.77. The summed E-state index contributed by atoms with van der Waals surface area (Å²) in [4.78, 5) is 13.5. The number of nitrogens with one attached hydrogen (secondary N) is 2. The lowest BCUT2D eigenvalue weighted by molar-refractivity contribution is 0.0444. The van der Waals surface area contributed by atoms with Crippen LogP contribution in [0.4, 0.5) is 4.79 Å². The van der Waals surface area contributed by atoms with Gasteiger partial charge in [0.05, 0.1) is 5.54 Å². The average Bonchev–Trinajstić information content (AvgIpc) is 2.99. The summed E-state index contributed by atoms with van der Waals surface area (Å²) in [5.41, 5.74) is -0.763. The molecule has 1 amide bonds. The molecule has 0 saturated carbocycles. The Hall–Kier alpha value is -1.07. The van der Waals surface area contributed by atoms with Crippen LogP contribution in [0.3, 0.4) is 0 Å². The Kier molecular flexibility index (Phi) is 7.55. The van der Waals surface area contributed by atoms with Gasteiger partial charge in [-0.1, -0.05) is 26.8 Å². The van der Waals surface area contributed by atoms with Gasteiger partial charge in [-0.25, -0.2) is 4.79 Å². The van der Waals surface area contributed by atoms with Crippen LogP contribution < -0.4 is 10.6 Å². The van der Waals surface area contributed by atoms with Crippen LogP contribution in [0.25, 0.3) is 0 Å². The molecule has 0 aliphatic carbocycles. The Morgan fingerprint density at radius 2 is 1.91 bits per heavy atom. The predicted molar refractivity (Wildman–Crippen MR) is 98.0 cm³/mol. The van der Waals surface area contributed by atoms with E-state index >= 15 is 0 Å². The van der Waals surface area contributed by atoms with Crippen molar-refractivity contribution in [1.82, 2.24) is 10.6 Å². The van der Waals surface area contributed by atoms with Crippen LogP contribution in [0.2, 0.25) is 0 Å². The van der Waals surface area contributed by atoms with E-state index in [9.17, 15) is 4.79 Å². The Bertz CT molecular complexity index is 462. The van der Waals surface area contributed by atoms with Gasteiger partial charge in [0.2, 0.25) is 0 Å². The van der Waals surface area contributed by atoms with E-state index < -0.39 is 5.60 Å². The molecule has 1 aromatic heterocycles. The zero-order valence-corrected chi connectivity index (χ0v) is 16.2. The lowest BCUT2D eigenvalue weighted by Gasteiger charge is -2.35. The second kappa shape index (κ2) is 8.69. The van der Waals surface area contributed by atoms with Crippen LogP contribution in [0, 0.1) is 0 Å². The van der Waals surface area contributed by atoms with E-state index in [4.69, 9.17) is 4.74 Å². The third-order valence-corrected chi connectivity index (χ3v) is 5.09. The number of rotatable bonds is 8. The zero-order chi connectivity index (χ0) is 17.5. The van der Waals surface area contributed by atoms with Crippen LogP contribution in [0.1, 0.15) is 71.7 Å². The van der Waals surface area contributed by atoms with Crippen LogP contribution in [0.15, 0.2) is 17.5 Å². The predicted octanol–water partition coefficient (Wildman–Crippen LogP) is 4.87. The van der Waals surface area contributed by atoms with Gasteiger partial charge in [-0.3, -0.25) is 0 Å². The maximum atomic E-state index is 12.2. The largest absolute Gasteiger partial charge is 0.444 e. The van der Waals surface area contributed by atoms with E-state index in [1.54, 1.807) is 11.3 Å². The minimum Gasteiger partial charge on any atom is -0.444 e. The van der Waals surface area contributed by atoms with Gasteiger partial charge < -0.3 is 15.4 Å². The molecule has 132 valence electrons. The molecule has 0 aliphatic rings. The first-order valence-electron chi connectivity index (χ1n) is 8.53. The smallest absolute Gasteiger partial charge is 0.408 e. The highest BCUT2D eigenvalue weighted by molar-refractivity contribution is 7.10. The van der Waals surface area contributed by atoms with E-state index in [1.165, 1.54) is 4.88 Å². The minimum atomic E-state index is -0.479. The average molecular weight is 341 g/mol. The lowest BCUT2D eigenvalue weighted by atomic mass is 9.92. The number of carbonyl (C=O) groups excluding carboxylic acids is 1. The molecule has 0 aromatic carbocycles. The highest BCUT2D eigenvalue weighted by Gasteiger charge is 2.31. The van der Waals surface area contributed by atoms with Crippen LogP contribution >= 0.6 is 11.3 Å². The van der Waals surface area contributed by atoms with Gasteiger partial charge in [0, 0.05) is 17.5 Å². The Labute approximate surface area is 145 Å². The number of thiophene rings is 1. The summed E-state index contributed by atoms with van der Waals surface area (Å²) in [5.74, 6) is 0. The summed E-state index contributed by atoms with van der Waals surface area (Å²) in [6.45, 7) is 12.8. The molecule has 1 rings (SSSR count). The normalized spacial score (nSPS) is 13.7. The number of hydrogen-bond acceptors (Lipinski definition) is 4. The van der Waals surface area contributed by atoms with Gasteiger partial charge >= 0.3 is 6.09 Å². The van der Waals surface area contributed by atoms with Gasteiger partial charge in [-0.15, -0.1) is 11.3 Å². The fourth-order valence-electron chi connectivity index (χ4n) is 2.50. The summed E-state index contributed by atoms with van der Waals surface area (Å²) in [7, 11) is 0. The number of carbonyl (C=O) groups is 1. The molecule has 2 N–H and O–H groups in total. The highest BCUT2D eigenvalue weighted by atomic mass is 32.1. The highest BCUT2D eigenvalue weighted by Crippen LogP contribution is 2.24. The van der Waals surface area contributed by atoms with Crippen molar-refractivity contribution in [2.45, 2.75) is 78.0 Å². The Morgan fingerprint density at radius 1 is 1.26 bits per heavy atom. The second-order valence-electron chi connectivity index (χ2n) is 6.97. The van der Waals surface area contributed by atoms with E-state index in [0.29, 0.717) is 6.04 Å². The summed E-state index contributed by atoms with van der Waals surface area (Å²) in [6.07, 6.45) is 2.40. The topological polar surface area (TPSA) is 50.4 Å². The van der Waals surface area contributed by atoms with E-state index in [-0.39, 0.29) is 11.6 Å². The first-order valence-corrected chi connectivity index (χ1v) is 9.41. The molecule has 0 saturated heterocycles. The van der Waals surface area contributed by atoms with Crippen molar-refractivity contribution in [3.8, 4) is 0 Å². The minimum absolute atomic E-state index is 0.285. The van der Waals surface area contributed by atoms with Gasteiger partial charge in [-0.2, -0.15) is 0 Å². The molecule has 0 radical (unpaired) electrons. The van der Waals surface area contributed by atoms with Crippen molar-refractivity contribution < 1.29 is 9.53 Å². The van der Waals surface area contributed by atoms with E-state index in [1.807, 2.05) is 20.8 Å². The maximum Gasteiger partial charge on any atom is 0.408 e. The molecule has 23 heavy (non-hydrogen) atoms. The fraction of sp³-hybridized carbons (Fsp3) is 0.722. The maximum absolute atomic E-state index is 12.2. The molecule has 0 aliphatic heterocycles. The van der Waals surface area contributed by atoms with Crippen LogP contribution in [0.5, 0.6) is 0 Å². The van der Waals surface area contributed by atoms with Crippen molar-refractivity contribution in [3.05, 3.63) is 22.4 Å². The second-order valence-corrected chi connectivity index (χ2v) is 7.95. The molecule has 1 unspecified atom stereocenters. The first-order chi connectivity index (χ1) is 10.7. The standard InChI is InChI=1S/C18H32N2O2S/c1-7-14(15-11-10-12-23-15)19-13-18(8-2,9-3)20-16(21)22-17(4,5)6/h10-12,14,19H,7-9,13H2,1-6H3,(H,20,21). The number of hydrogen-bond donors (Lipinski definition) is 2. The van der Waals surface area contributed by atoms with Gasteiger partial charge in [0.25, 0.3) is 0 Å². The molecule has 5 heteroatoms. The van der Waals surface area contributed by atoms with Crippen molar-refractivity contribution in [1.29, 1.82) is 0 Å². The summed E-state index contributed by atoms with van der Waals surface area (Å²) < 4.78 is 5.43. The molecule has 1 heterocycles. The molecule has 1 atom stereocenters. The molecule has 0 fully saturated rings. The monoisotopic (exact) mass is 340 g/mol. The molecule has 1 aromatic rings. The van der Waals surface area contributed by atoms with Crippen molar-refractivity contribution in [2.24, 2.45) is 0 Å². The Morgan fingerprint density at radius 3 is 2.35 bits per heavy atom. The van der Waals surface area contributed by atoms with Gasteiger partial charge in [0.15, 0.2) is 0 Å². The van der Waals surface area contributed by atoms with Crippen LogP contribution in [-0.2, 0) is 4.74 Å². The number of amides is 1.